The van der Waals surface area contributed by atoms with E-state index in [1.54, 1.807) is 0 Å². The van der Waals surface area contributed by atoms with Crippen LogP contribution in [0.1, 0.15) is 31.7 Å². The van der Waals surface area contributed by atoms with Crippen LogP contribution in [0.4, 0.5) is 0 Å². The average Bonchev–Trinajstić information content (AvgIpc) is 2.29. The van der Waals surface area contributed by atoms with Gasteiger partial charge in [0.05, 0.1) is 0 Å². The van der Waals surface area contributed by atoms with Gasteiger partial charge in [-0.05, 0) is 43.5 Å². The van der Waals surface area contributed by atoms with Crippen LogP contribution in [0.3, 0.4) is 0 Å². The summed E-state index contributed by atoms with van der Waals surface area (Å²) in [5.41, 5.74) is 1.37. The van der Waals surface area contributed by atoms with Crippen molar-refractivity contribution in [3.8, 4) is 12.3 Å². The monoisotopic (exact) mass is 293 g/mol. The lowest BCUT2D eigenvalue weighted by Gasteiger charge is -2.17. The van der Waals surface area contributed by atoms with Gasteiger partial charge in [0.2, 0.25) is 0 Å². The Labute approximate surface area is 113 Å². The number of rotatable bonds is 7. The van der Waals surface area contributed by atoms with Crippen LogP contribution in [-0.4, -0.2) is 12.6 Å². The predicted molar refractivity (Wildman–Crippen MR) is 78.0 cm³/mol. The molecule has 0 fully saturated rings. The summed E-state index contributed by atoms with van der Waals surface area (Å²) < 4.78 is 1.15. The largest absolute Gasteiger partial charge is 0.314 e. The summed E-state index contributed by atoms with van der Waals surface area (Å²) in [6.45, 7) is 3.16. The van der Waals surface area contributed by atoms with E-state index in [-0.39, 0.29) is 0 Å². The highest BCUT2D eigenvalue weighted by Crippen LogP contribution is 2.14. The summed E-state index contributed by atoms with van der Waals surface area (Å²) in [5.74, 6) is 2.70. The van der Waals surface area contributed by atoms with E-state index < -0.39 is 0 Å². The molecule has 0 saturated carbocycles. The fourth-order valence-corrected chi connectivity index (χ4v) is 2.41. The molecule has 2 heteroatoms. The van der Waals surface area contributed by atoms with Crippen molar-refractivity contribution in [3.63, 3.8) is 0 Å². The second-order valence-electron chi connectivity index (χ2n) is 4.18. The van der Waals surface area contributed by atoms with E-state index in [9.17, 15) is 0 Å². The zero-order valence-electron chi connectivity index (χ0n) is 10.4. The molecule has 1 rings (SSSR count). The van der Waals surface area contributed by atoms with Gasteiger partial charge in [-0.2, -0.15) is 0 Å². The molecule has 0 aliphatic carbocycles. The van der Waals surface area contributed by atoms with Crippen LogP contribution in [-0.2, 0) is 6.42 Å². The second kappa shape index (κ2) is 8.33. The summed E-state index contributed by atoms with van der Waals surface area (Å²) >= 11 is 3.51. The smallest absolute Gasteiger partial charge is 0.0178 e. The van der Waals surface area contributed by atoms with Gasteiger partial charge in [0.25, 0.3) is 0 Å². The van der Waals surface area contributed by atoms with Crippen LogP contribution in [0.5, 0.6) is 0 Å². The fourth-order valence-electron chi connectivity index (χ4n) is 1.96. The van der Waals surface area contributed by atoms with Crippen molar-refractivity contribution in [1.82, 2.24) is 5.32 Å². The van der Waals surface area contributed by atoms with Gasteiger partial charge in [-0.15, -0.1) is 12.3 Å². The average molecular weight is 294 g/mol. The minimum absolute atomic E-state index is 0.530. The molecule has 17 heavy (non-hydrogen) atoms. The summed E-state index contributed by atoms with van der Waals surface area (Å²) in [7, 11) is 0. The van der Waals surface area contributed by atoms with E-state index in [4.69, 9.17) is 6.42 Å². The molecular formula is C15H20BrN. The zero-order chi connectivity index (χ0) is 12.5. The molecule has 0 bridgehead atoms. The number of hydrogen-bond donors (Lipinski definition) is 1. The van der Waals surface area contributed by atoms with Gasteiger partial charge in [0, 0.05) is 16.9 Å². The van der Waals surface area contributed by atoms with Gasteiger partial charge >= 0.3 is 0 Å². The third-order valence-electron chi connectivity index (χ3n) is 2.74. The first-order valence-electron chi connectivity index (χ1n) is 6.17. The Morgan fingerprint density at radius 1 is 1.47 bits per heavy atom. The molecule has 0 spiro atoms. The summed E-state index contributed by atoms with van der Waals surface area (Å²) in [6.07, 6.45) is 9.47. The second-order valence-corrected chi connectivity index (χ2v) is 5.10. The first-order chi connectivity index (χ1) is 8.26. The van der Waals surface area contributed by atoms with Gasteiger partial charge in [-0.3, -0.25) is 0 Å². The molecule has 0 heterocycles. The van der Waals surface area contributed by atoms with E-state index >= 15 is 0 Å². The molecule has 0 amide bonds. The number of halogens is 1. The van der Waals surface area contributed by atoms with Crippen LogP contribution < -0.4 is 5.32 Å². The molecule has 1 aromatic carbocycles. The standard InChI is InChI=1S/C15H20BrN/c1-3-5-6-10-15(17-4-2)12-13-8-7-9-14(16)11-13/h1,7-9,11,15,17H,4-6,10,12H2,2H3. The van der Waals surface area contributed by atoms with Crippen LogP contribution in [0, 0.1) is 12.3 Å². The molecule has 1 atom stereocenters. The third kappa shape index (κ3) is 5.91. The van der Waals surface area contributed by atoms with E-state index in [1.807, 2.05) is 0 Å². The van der Waals surface area contributed by atoms with Crippen molar-refractivity contribution in [2.75, 3.05) is 6.54 Å². The fraction of sp³-hybridized carbons (Fsp3) is 0.467. The molecule has 1 unspecified atom stereocenters. The van der Waals surface area contributed by atoms with E-state index in [0.717, 1.165) is 36.7 Å². The van der Waals surface area contributed by atoms with Crippen molar-refractivity contribution < 1.29 is 0 Å². The van der Waals surface area contributed by atoms with Gasteiger partial charge in [-0.25, -0.2) is 0 Å². The topological polar surface area (TPSA) is 12.0 Å². The van der Waals surface area contributed by atoms with Crippen LogP contribution in [0.2, 0.25) is 0 Å². The first kappa shape index (κ1) is 14.3. The highest BCUT2D eigenvalue weighted by atomic mass is 79.9. The van der Waals surface area contributed by atoms with Gasteiger partial charge < -0.3 is 5.32 Å². The zero-order valence-corrected chi connectivity index (χ0v) is 12.0. The van der Waals surface area contributed by atoms with Gasteiger partial charge in [0.15, 0.2) is 0 Å². The Balaban J connectivity index is 2.51. The number of hydrogen-bond acceptors (Lipinski definition) is 1. The molecule has 1 N–H and O–H groups in total. The van der Waals surface area contributed by atoms with Crippen molar-refractivity contribution >= 4 is 15.9 Å². The lowest BCUT2D eigenvalue weighted by Crippen LogP contribution is -2.30. The predicted octanol–water partition coefficient (Wildman–Crippen LogP) is 3.77. The Kier molecular flexibility index (Phi) is 7.00. The molecule has 0 aliphatic heterocycles. The molecule has 0 saturated heterocycles. The van der Waals surface area contributed by atoms with Crippen molar-refractivity contribution in [2.45, 2.75) is 38.6 Å². The quantitative estimate of drug-likeness (QED) is 0.596. The van der Waals surface area contributed by atoms with Crippen molar-refractivity contribution in [1.29, 1.82) is 0 Å². The highest BCUT2D eigenvalue weighted by Gasteiger charge is 2.07. The summed E-state index contributed by atoms with van der Waals surface area (Å²) in [6, 6.07) is 9.04. The molecular weight excluding hydrogens is 274 g/mol. The number of likely N-dealkylation sites (N-methyl/N-ethyl adjacent to an activating group) is 1. The van der Waals surface area contributed by atoms with Crippen molar-refractivity contribution in [2.24, 2.45) is 0 Å². The number of unbranched alkanes of at least 4 members (excludes halogenated alkanes) is 1. The SMILES string of the molecule is C#CCCCC(Cc1cccc(Br)c1)NCC. The Morgan fingerprint density at radius 3 is 2.94 bits per heavy atom. The highest BCUT2D eigenvalue weighted by molar-refractivity contribution is 9.10. The Morgan fingerprint density at radius 2 is 2.29 bits per heavy atom. The number of terminal acetylenes is 1. The normalized spacial score (nSPS) is 12.1. The van der Waals surface area contributed by atoms with Gasteiger partial charge in [-0.1, -0.05) is 35.0 Å². The van der Waals surface area contributed by atoms with E-state index in [2.05, 4.69) is 58.4 Å². The number of nitrogens with one attached hydrogen (secondary N) is 1. The Hall–Kier alpha value is -0.780. The molecule has 0 radical (unpaired) electrons. The minimum Gasteiger partial charge on any atom is -0.314 e. The van der Waals surface area contributed by atoms with Crippen LogP contribution >= 0.6 is 15.9 Å². The van der Waals surface area contributed by atoms with E-state index in [1.165, 1.54) is 5.56 Å². The molecule has 0 aromatic heterocycles. The minimum atomic E-state index is 0.530. The molecule has 0 aliphatic rings. The molecule has 92 valence electrons. The third-order valence-corrected chi connectivity index (χ3v) is 3.23. The maximum Gasteiger partial charge on any atom is 0.0178 e. The first-order valence-corrected chi connectivity index (χ1v) is 6.96. The van der Waals surface area contributed by atoms with E-state index in [0.29, 0.717) is 6.04 Å². The maximum absolute atomic E-state index is 5.28. The molecule has 1 aromatic rings. The Bertz CT molecular complexity index is 367. The summed E-state index contributed by atoms with van der Waals surface area (Å²) in [5, 5.41) is 3.53. The number of benzene rings is 1. The van der Waals surface area contributed by atoms with Crippen LogP contribution in [0.25, 0.3) is 0 Å². The maximum atomic E-state index is 5.28. The van der Waals surface area contributed by atoms with Crippen molar-refractivity contribution in [3.05, 3.63) is 34.3 Å². The lowest BCUT2D eigenvalue weighted by molar-refractivity contribution is 0.479. The van der Waals surface area contributed by atoms with Gasteiger partial charge in [0.1, 0.15) is 0 Å². The molecule has 1 nitrogen and oxygen atoms in total. The van der Waals surface area contributed by atoms with Crippen LogP contribution in [0.15, 0.2) is 28.7 Å². The summed E-state index contributed by atoms with van der Waals surface area (Å²) in [4.78, 5) is 0. The lowest BCUT2D eigenvalue weighted by atomic mass is 10.0.